The maximum Gasteiger partial charge on any atom is 0.124 e. The monoisotopic (exact) mass is 502 g/mol. The Balaban J connectivity index is 1.36. The molecule has 3 aromatic carbocycles. The topological polar surface area (TPSA) is 37.0 Å². The number of hydrogen-bond donors (Lipinski definition) is 2. The molecule has 0 spiro atoms. The van der Waals surface area contributed by atoms with E-state index < -0.39 is 0 Å². The van der Waals surface area contributed by atoms with Crippen LogP contribution in [0.3, 0.4) is 0 Å². The van der Waals surface area contributed by atoms with Gasteiger partial charge in [0, 0.05) is 33.7 Å². The fourth-order valence-corrected chi connectivity index (χ4v) is 4.13. The number of benzene rings is 3. The van der Waals surface area contributed by atoms with Gasteiger partial charge >= 0.3 is 0 Å². The lowest BCUT2D eigenvalue weighted by atomic mass is 10.1. The summed E-state index contributed by atoms with van der Waals surface area (Å²) in [6.45, 7) is 2.03. The van der Waals surface area contributed by atoms with Crippen LogP contribution in [0.15, 0.2) is 71.3 Å². The van der Waals surface area contributed by atoms with Gasteiger partial charge in [-0.2, -0.15) is 0 Å². The van der Waals surface area contributed by atoms with Crippen molar-refractivity contribution in [1.82, 2.24) is 10.3 Å². The molecule has 0 atom stereocenters. The van der Waals surface area contributed by atoms with Gasteiger partial charge in [0.1, 0.15) is 12.4 Å². The van der Waals surface area contributed by atoms with Crippen molar-refractivity contribution < 1.29 is 4.74 Å². The average molecular weight is 504 g/mol. The Labute approximate surface area is 194 Å². The molecule has 0 saturated heterocycles. The van der Waals surface area contributed by atoms with E-state index in [0.29, 0.717) is 16.7 Å². The summed E-state index contributed by atoms with van der Waals surface area (Å²) in [6, 6.07) is 20.0. The van der Waals surface area contributed by atoms with Crippen molar-refractivity contribution in [1.29, 1.82) is 0 Å². The molecule has 4 rings (SSSR count). The van der Waals surface area contributed by atoms with Crippen LogP contribution in [0.4, 0.5) is 0 Å². The van der Waals surface area contributed by atoms with Crippen LogP contribution < -0.4 is 10.1 Å². The Kier molecular flexibility index (Phi) is 7.00. The summed E-state index contributed by atoms with van der Waals surface area (Å²) in [5.41, 5.74) is 4.58. The molecule has 0 aliphatic carbocycles. The predicted molar refractivity (Wildman–Crippen MR) is 129 cm³/mol. The highest BCUT2D eigenvalue weighted by molar-refractivity contribution is 9.10. The van der Waals surface area contributed by atoms with Crippen LogP contribution in [0.2, 0.25) is 10.0 Å². The van der Waals surface area contributed by atoms with E-state index in [1.807, 2.05) is 30.3 Å². The zero-order valence-corrected chi connectivity index (χ0v) is 19.3. The summed E-state index contributed by atoms with van der Waals surface area (Å²) in [5.74, 6) is 0.851. The van der Waals surface area contributed by atoms with Crippen LogP contribution in [-0.2, 0) is 19.6 Å². The summed E-state index contributed by atoms with van der Waals surface area (Å²) < 4.78 is 7.09. The first-order chi connectivity index (χ1) is 14.6. The van der Waals surface area contributed by atoms with Crippen LogP contribution in [-0.4, -0.2) is 11.5 Å². The molecule has 0 aliphatic rings. The molecule has 154 valence electrons. The number of para-hydroxylation sites is 1. The van der Waals surface area contributed by atoms with Gasteiger partial charge < -0.3 is 15.0 Å². The van der Waals surface area contributed by atoms with Gasteiger partial charge in [0.25, 0.3) is 0 Å². The highest BCUT2D eigenvalue weighted by Crippen LogP contribution is 2.26. The molecule has 1 heterocycles. The summed E-state index contributed by atoms with van der Waals surface area (Å²) in [5, 5.41) is 5.90. The first-order valence-electron chi connectivity index (χ1n) is 9.71. The smallest absolute Gasteiger partial charge is 0.124 e. The van der Waals surface area contributed by atoms with E-state index in [0.717, 1.165) is 40.9 Å². The number of H-pyrrole nitrogens is 1. The summed E-state index contributed by atoms with van der Waals surface area (Å²) >= 11 is 15.7. The molecule has 0 radical (unpaired) electrons. The van der Waals surface area contributed by atoms with Gasteiger partial charge in [-0.05, 0) is 60.5 Å². The number of ether oxygens (including phenoxy) is 1. The number of hydrogen-bond acceptors (Lipinski definition) is 2. The zero-order chi connectivity index (χ0) is 20.9. The Morgan fingerprint density at radius 1 is 0.933 bits per heavy atom. The zero-order valence-electron chi connectivity index (χ0n) is 16.2. The van der Waals surface area contributed by atoms with Gasteiger partial charge in [-0.15, -0.1) is 0 Å². The molecule has 3 nitrogen and oxygen atoms in total. The fraction of sp³-hybridized carbons (Fsp3) is 0.167. The molecule has 0 amide bonds. The fourth-order valence-electron chi connectivity index (χ4n) is 3.40. The maximum absolute atomic E-state index is 6.10. The second-order valence-corrected chi connectivity index (χ2v) is 8.81. The van der Waals surface area contributed by atoms with Crippen molar-refractivity contribution in [3.8, 4) is 5.75 Å². The van der Waals surface area contributed by atoms with Gasteiger partial charge in [-0.1, -0.05) is 63.4 Å². The van der Waals surface area contributed by atoms with Crippen molar-refractivity contribution >= 4 is 50.0 Å². The Hall–Kier alpha value is -1.98. The van der Waals surface area contributed by atoms with Crippen LogP contribution in [0.5, 0.6) is 5.75 Å². The minimum absolute atomic E-state index is 0.431. The highest BCUT2D eigenvalue weighted by Gasteiger charge is 2.08. The number of aromatic nitrogens is 1. The lowest BCUT2D eigenvalue weighted by Crippen LogP contribution is -2.17. The number of nitrogens with one attached hydrogen (secondary N) is 2. The summed E-state index contributed by atoms with van der Waals surface area (Å²) in [6.07, 6.45) is 3.05. The number of aromatic amines is 1. The van der Waals surface area contributed by atoms with E-state index in [1.165, 1.54) is 16.5 Å². The first-order valence-corrected chi connectivity index (χ1v) is 11.3. The Morgan fingerprint density at radius 2 is 1.80 bits per heavy atom. The first kappa shape index (κ1) is 21.3. The Bertz CT molecular complexity index is 1160. The van der Waals surface area contributed by atoms with Gasteiger partial charge in [0.15, 0.2) is 0 Å². The van der Waals surface area contributed by atoms with Crippen molar-refractivity contribution in [2.75, 3.05) is 6.54 Å². The van der Waals surface area contributed by atoms with E-state index in [4.69, 9.17) is 27.9 Å². The molecule has 30 heavy (non-hydrogen) atoms. The van der Waals surface area contributed by atoms with E-state index in [2.05, 4.69) is 56.7 Å². The van der Waals surface area contributed by atoms with Crippen molar-refractivity contribution in [3.05, 3.63) is 98.1 Å². The lowest BCUT2D eigenvalue weighted by Gasteiger charge is -2.13. The van der Waals surface area contributed by atoms with Gasteiger partial charge in [0.05, 0.1) is 10.0 Å². The van der Waals surface area contributed by atoms with Crippen LogP contribution in [0.1, 0.15) is 16.7 Å². The van der Waals surface area contributed by atoms with E-state index in [-0.39, 0.29) is 0 Å². The normalized spacial score (nSPS) is 11.2. The SMILES string of the molecule is Clc1ccc(COc2ccc(Br)cc2CNCCc2c[nH]c3ccccc23)cc1Cl. The van der Waals surface area contributed by atoms with Crippen LogP contribution >= 0.6 is 39.1 Å². The molecular formula is C24H21BrCl2N2O. The summed E-state index contributed by atoms with van der Waals surface area (Å²) in [7, 11) is 0. The second kappa shape index (κ2) is 9.88. The second-order valence-electron chi connectivity index (χ2n) is 7.08. The molecule has 0 fully saturated rings. The summed E-state index contributed by atoms with van der Waals surface area (Å²) in [4.78, 5) is 3.33. The third kappa shape index (κ3) is 5.19. The molecule has 2 N–H and O–H groups in total. The molecule has 4 aromatic rings. The molecule has 0 aliphatic heterocycles. The molecule has 0 saturated carbocycles. The van der Waals surface area contributed by atoms with E-state index >= 15 is 0 Å². The number of rotatable bonds is 8. The number of halogens is 3. The van der Waals surface area contributed by atoms with Crippen LogP contribution in [0.25, 0.3) is 10.9 Å². The highest BCUT2D eigenvalue weighted by atomic mass is 79.9. The minimum Gasteiger partial charge on any atom is -0.489 e. The predicted octanol–water partition coefficient (Wildman–Crippen LogP) is 7.15. The van der Waals surface area contributed by atoms with Gasteiger partial charge in [-0.3, -0.25) is 0 Å². The minimum atomic E-state index is 0.431. The van der Waals surface area contributed by atoms with Crippen molar-refractivity contribution in [2.24, 2.45) is 0 Å². The largest absolute Gasteiger partial charge is 0.489 e. The average Bonchev–Trinajstić information content (AvgIpc) is 3.16. The lowest BCUT2D eigenvalue weighted by molar-refractivity contribution is 0.302. The van der Waals surface area contributed by atoms with Crippen molar-refractivity contribution in [3.63, 3.8) is 0 Å². The van der Waals surface area contributed by atoms with Crippen LogP contribution in [0, 0.1) is 0 Å². The van der Waals surface area contributed by atoms with Gasteiger partial charge in [-0.25, -0.2) is 0 Å². The van der Waals surface area contributed by atoms with Gasteiger partial charge in [0.2, 0.25) is 0 Å². The molecule has 6 heteroatoms. The third-order valence-corrected chi connectivity index (χ3v) is 6.19. The Morgan fingerprint density at radius 3 is 2.67 bits per heavy atom. The number of fused-ring (bicyclic) bond motifs is 1. The molecule has 0 bridgehead atoms. The molecule has 1 aromatic heterocycles. The van der Waals surface area contributed by atoms with E-state index in [1.54, 1.807) is 6.07 Å². The third-order valence-electron chi connectivity index (χ3n) is 4.96. The van der Waals surface area contributed by atoms with Crippen molar-refractivity contribution in [2.45, 2.75) is 19.6 Å². The molecule has 0 unspecified atom stereocenters. The van der Waals surface area contributed by atoms with E-state index in [9.17, 15) is 0 Å². The standard InChI is InChI=1S/C24H21BrCl2N2O/c25-19-6-8-24(30-15-16-5-7-21(26)22(27)11-16)18(12-19)13-28-10-9-17-14-29-23-4-2-1-3-20(17)23/h1-8,11-12,14,28-29H,9-10,13,15H2. The molecular weight excluding hydrogens is 483 g/mol. The quantitative estimate of drug-likeness (QED) is 0.250. The maximum atomic E-state index is 6.10.